The van der Waals surface area contributed by atoms with Crippen LogP contribution in [0.5, 0.6) is 0 Å². The van der Waals surface area contributed by atoms with Gasteiger partial charge in [0.05, 0.1) is 14.0 Å². The van der Waals surface area contributed by atoms with Gasteiger partial charge in [-0.1, -0.05) is 18.2 Å². The van der Waals surface area contributed by atoms with Crippen LogP contribution in [0.4, 0.5) is 0 Å². The highest BCUT2D eigenvalue weighted by Crippen LogP contribution is 2.31. The fourth-order valence-corrected chi connectivity index (χ4v) is 7.28. The average Bonchev–Trinajstić information content (AvgIpc) is 3.30. The zero-order chi connectivity index (χ0) is 23.9. The number of Topliss-reactive ketones (excluding diaryl/α,β-unsaturated/α-hetero) is 1. The van der Waals surface area contributed by atoms with Gasteiger partial charge in [-0.25, -0.2) is 13.2 Å². The van der Waals surface area contributed by atoms with Crippen LogP contribution < -0.4 is 15.8 Å². The Morgan fingerprint density at radius 1 is 1.18 bits per heavy atom. The van der Waals surface area contributed by atoms with Crippen molar-refractivity contribution in [2.75, 3.05) is 25.4 Å². The first kappa shape index (κ1) is 25.9. The van der Waals surface area contributed by atoms with Crippen LogP contribution in [0.15, 0.2) is 51.6 Å². The van der Waals surface area contributed by atoms with E-state index in [2.05, 4.69) is 10.0 Å². The van der Waals surface area contributed by atoms with Crippen molar-refractivity contribution in [2.24, 2.45) is 11.7 Å². The number of carbonyl (C=O) groups is 2. The number of carboxylic acids is 1. The molecule has 1 aromatic carbocycles. The molecular weight excluding hydrogens is 482 g/mol. The summed E-state index contributed by atoms with van der Waals surface area (Å²) in [5, 5.41) is 13.2. The van der Waals surface area contributed by atoms with Gasteiger partial charge < -0.3 is 16.2 Å². The first-order valence-corrected chi connectivity index (χ1v) is 14.1. The van der Waals surface area contributed by atoms with E-state index in [0.717, 1.165) is 46.7 Å². The number of nitrogens with one attached hydrogen (secondary N) is 2. The van der Waals surface area contributed by atoms with Gasteiger partial charge in [0.15, 0.2) is 0 Å². The van der Waals surface area contributed by atoms with Crippen LogP contribution in [0.1, 0.15) is 35.4 Å². The Morgan fingerprint density at radius 2 is 1.88 bits per heavy atom. The smallest absolute Gasteiger partial charge is 0.334 e. The van der Waals surface area contributed by atoms with Crippen molar-refractivity contribution in [3.8, 4) is 0 Å². The van der Waals surface area contributed by atoms with Gasteiger partial charge >= 0.3 is 5.97 Å². The van der Waals surface area contributed by atoms with E-state index in [4.69, 9.17) is 5.73 Å². The molecule has 1 unspecified atom stereocenters. The first-order chi connectivity index (χ1) is 15.8. The predicted octanol–water partition coefficient (Wildman–Crippen LogP) is 2.56. The maximum atomic E-state index is 13.2. The van der Waals surface area contributed by atoms with Crippen molar-refractivity contribution in [3.05, 3.63) is 47.3 Å². The van der Waals surface area contributed by atoms with E-state index in [0.29, 0.717) is 0 Å². The molecule has 1 aliphatic heterocycles. The van der Waals surface area contributed by atoms with Crippen molar-refractivity contribution >= 4 is 44.9 Å². The molecule has 2 aromatic rings. The lowest BCUT2D eigenvalue weighted by molar-refractivity contribution is -0.141. The fourth-order valence-electron chi connectivity index (χ4n) is 3.74. The van der Waals surface area contributed by atoms with Crippen molar-refractivity contribution in [1.82, 2.24) is 10.0 Å². The third-order valence-corrected chi connectivity index (χ3v) is 9.59. The Morgan fingerprint density at radius 3 is 2.52 bits per heavy atom. The number of hydrogen-bond acceptors (Lipinski definition) is 8. The average molecular weight is 512 g/mol. The van der Waals surface area contributed by atoms with E-state index in [-0.39, 0.29) is 9.77 Å². The van der Waals surface area contributed by atoms with Crippen LogP contribution in [0.3, 0.4) is 0 Å². The van der Waals surface area contributed by atoms with E-state index in [1.54, 1.807) is 23.9 Å². The molecule has 0 saturated carbocycles. The first-order valence-electron chi connectivity index (χ1n) is 10.8. The molecule has 0 bridgehead atoms. The summed E-state index contributed by atoms with van der Waals surface area (Å²) in [4.78, 5) is 25.3. The molecule has 0 spiro atoms. The minimum absolute atomic E-state index is 0.145. The van der Waals surface area contributed by atoms with Crippen LogP contribution in [0.2, 0.25) is 0 Å². The zero-order valence-corrected chi connectivity index (χ0v) is 20.6. The Labute approximate surface area is 202 Å². The van der Waals surface area contributed by atoms with Gasteiger partial charge in [-0.2, -0.15) is 4.72 Å². The number of thioether (sulfide) groups is 1. The summed E-state index contributed by atoms with van der Waals surface area (Å²) in [5.41, 5.74) is 3.18. The highest BCUT2D eigenvalue weighted by atomic mass is 32.2. The van der Waals surface area contributed by atoms with Crippen LogP contribution in [0.25, 0.3) is 0 Å². The second-order valence-corrected chi connectivity index (χ2v) is 12.1. The summed E-state index contributed by atoms with van der Waals surface area (Å²) >= 11 is 2.78. The maximum Gasteiger partial charge on any atom is 0.334 e. The van der Waals surface area contributed by atoms with E-state index in [9.17, 15) is 23.1 Å². The third kappa shape index (κ3) is 6.43. The molecule has 11 heteroatoms. The number of piperidine rings is 1. The number of rotatable bonds is 12. The van der Waals surface area contributed by atoms with Gasteiger partial charge in [-0.3, -0.25) is 4.79 Å². The lowest BCUT2D eigenvalue weighted by atomic mass is 9.94. The number of nitrogens with two attached hydrogens (primary N) is 1. The minimum atomic E-state index is -4.29. The van der Waals surface area contributed by atoms with E-state index >= 15 is 0 Å². The van der Waals surface area contributed by atoms with Crippen LogP contribution in [0, 0.1) is 5.92 Å². The third-order valence-electron chi connectivity index (χ3n) is 5.69. The molecule has 0 aliphatic carbocycles. The zero-order valence-electron chi connectivity index (χ0n) is 18.2. The van der Waals surface area contributed by atoms with Crippen molar-refractivity contribution < 1.29 is 23.1 Å². The maximum absolute atomic E-state index is 13.2. The summed E-state index contributed by atoms with van der Waals surface area (Å²) < 4.78 is 28.5. The Kier molecular flexibility index (Phi) is 9.08. The second-order valence-electron chi connectivity index (χ2n) is 7.97. The molecule has 1 saturated heterocycles. The SMILES string of the molecule is NCC(NS(=O)(=O)c1ccccc1)(C(=O)O)C(=O)c1ccc(SCCCC2CCNCC2)s1. The van der Waals surface area contributed by atoms with Gasteiger partial charge in [0.1, 0.15) is 0 Å². The van der Waals surface area contributed by atoms with Gasteiger partial charge in [0.2, 0.25) is 21.3 Å². The molecule has 1 fully saturated rings. The Bertz CT molecular complexity index is 1050. The predicted molar refractivity (Wildman–Crippen MR) is 130 cm³/mol. The molecule has 2 heterocycles. The molecule has 3 rings (SSSR count). The largest absolute Gasteiger partial charge is 0.479 e. The molecule has 5 N–H and O–H groups in total. The monoisotopic (exact) mass is 511 g/mol. The van der Waals surface area contributed by atoms with Crippen molar-refractivity contribution in [1.29, 1.82) is 0 Å². The number of sulfonamides is 1. The van der Waals surface area contributed by atoms with Crippen LogP contribution in [-0.2, 0) is 14.8 Å². The summed E-state index contributed by atoms with van der Waals surface area (Å²) in [6.45, 7) is 1.44. The number of aliphatic carboxylic acids is 1. The summed E-state index contributed by atoms with van der Waals surface area (Å²) in [7, 11) is -4.29. The van der Waals surface area contributed by atoms with E-state index < -0.39 is 33.9 Å². The van der Waals surface area contributed by atoms with E-state index in [1.807, 2.05) is 0 Å². The quantitative estimate of drug-likeness (QED) is 0.148. The molecule has 1 atom stereocenters. The lowest BCUT2D eigenvalue weighted by Gasteiger charge is -2.26. The molecule has 0 amide bonds. The van der Waals surface area contributed by atoms with E-state index in [1.165, 1.54) is 49.6 Å². The molecule has 1 aliphatic rings. The van der Waals surface area contributed by atoms with Gasteiger partial charge in [-0.15, -0.1) is 23.1 Å². The molecule has 180 valence electrons. The number of benzene rings is 1. The van der Waals surface area contributed by atoms with Crippen molar-refractivity contribution in [2.45, 2.75) is 40.3 Å². The minimum Gasteiger partial charge on any atom is -0.479 e. The number of carbonyl (C=O) groups excluding carboxylic acids is 1. The second kappa shape index (κ2) is 11.6. The molecule has 8 nitrogen and oxygen atoms in total. The lowest BCUT2D eigenvalue weighted by Crippen LogP contribution is -2.64. The number of thiophene rings is 1. The number of carboxylic acid groups (broad SMARTS) is 1. The molecule has 33 heavy (non-hydrogen) atoms. The number of hydrogen-bond donors (Lipinski definition) is 4. The molecule has 0 radical (unpaired) electrons. The summed E-state index contributed by atoms with van der Waals surface area (Å²) in [6, 6.07) is 10.6. The highest BCUT2D eigenvalue weighted by Gasteiger charge is 2.49. The Balaban J connectivity index is 1.68. The topological polar surface area (TPSA) is 139 Å². The summed E-state index contributed by atoms with van der Waals surface area (Å²) in [5.74, 6) is -0.854. The highest BCUT2D eigenvalue weighted by molar-refractivity contribution is 8.01. The fraction of sp³-hybridized carbons (Fsp3) is 0.455. The van der Waals surface area contributed by atoms with Gasteiger partial charge in [-0.05, 0) is 74.7 Å². The van der Waals surface area contributed by atoms with Crippen LogP contribution in [-0.4, -0.2) is 56.2 Å². The molecule has 1 aromatic heterocycles. The molecular formula is C22H29N3O5S3. The standard InChI is InChI=1S/C22H29N3O5S3/c23-15-22(21(27)28,25-33(29,30)17-6-2-1-3-7-17)20(26)18-8-9-19(32-18)31-14-4-5-16-10-12-24-13-11-16/h1-3,6-9,16,24-25H,4-5,10-15,23H2,(H,27,28). The van der Waals surface area contributed by atoms with Crippen LogP contribution >= 0.6 is 23.1 Å². The normalized spacial score (nSPS) is 16.9. The number of ketones is 1. The van der Waals surface area contributed by atoms with Gasteiger partial charge in [0.25, 0.3) is 0 Å². The van der Waals surface area contributed by atoms with Gasteiger partial charge in [0, 0.05) is 6.54 Å². The Hall–Kier alpha value is -1.76. The summed E-state index contributed by atoms with van der Waals surface area (Å²) in [6.07, 6.45) is 4.65. The van der Waals surface area contributed by atoms with Crippen molar-refractivity contribution in [3.63, 3.8) is 0 Å².